The molecule has 0 spiro atoms. The number of piperidine rings is 1. The highest BCUT2D eigenvalue weighted by atomic mass is 16.5. The van der Waals surface area contributed by atoms with E-state index < -0.39 is 5.41 Å². The number of carbonyl (C=O) groups excluding carboxylic acids is 2. The number of pyridine rings is 1. The second-order valence-corrected chi connectivity index (χ2v) is 10.7. The molecule has 36 heavy (non-hydrogen) atoms. The Kier molecular flexibility index (Phi) is 9.68. The van der Waals surface area contributed by atoms with Gasteiger partial charge in [-0.25, -0.2) is 4.98 Å². The lowest BCUT2D eigenvalue weighted by Gasteiger charge is -2.35. The van der Waals surface area contributed by atoms with Crippen molar-refractivity contribution in [1.29, 1.82) is 0 Å². The van der Waals surface area contributed by atoms with Crippen LogP contribution in [-0.2, 0) is 9.53 Å². The zero-order valence-electron chi connectivity index (χ0n) is 22.6. The molecule has 1 saturated heterocycles. The fourth-order valence-electron chi connectivity index (χ4n) is 4.14. The smallest absolute Gasteiger partial charge is 0.270 e. The minimum atomic E-state index is -0.511. The Bertz CT molecular complexity index is 1050. The number of nitrogens with one attached hydrogen (secondary N) is 1. The molecule has 1 N–H and O–H groups in total. The number of amides is 1. The Morgan fingerprint density at radius 3 is 2.64 bits per heavy atom. The van der Waals surface area contributed by atoms with Crippen molar-refractivity contribution in [1.82, 2.24) is 15.2 Å². The minimum absolute atomic E-state index is 0.0172. The maximum Gasteiger partial charge on any atom is 0.270 e. The van der Waals surface area contributed by atoms with Crippen LogP contribution in [0.3, 0.4) is 0 Å². The van der Waals surface area contributed by atoms with Crippen molar-refractivity contribution in [3.05, 3.63) is 30.0 Å². The van der Waals surface area contributed by atoms with Gasteiger partial charge in [-0.1, -0.05) is 26.8 Å². The molecule has 1 aliphatic heterocycles. The Hall–Kier alpha value is -2.71. The number of Topliss-reactive ketones (excluding diaryl/α,β-unsaturated/α-hetero) is 1. The zero-order valence-corrected chi connectivity index (χ0v) is 22.6. The molecular weight excluding hydrogens is 458 g/mol. The summed E-state index contributed by atoms with van der Waals surface area (Å²) in [7, 11) is 1.65. The second kappa shape index (κ2) is 12.5. The predicted molar refractivity (Wildman–Crippen MR) is 141 cm³/mol. The summed E-state index contributed by atoms with van der Waals surface area (Å²) in [6.07, 6.45) is 2.69. The summed E-state index contributed by atoms with van der Waals surface area (Å²) in [6.45, 7) is 12.7. The van der Waals surface area contributed by atoms with E-state index in [9.17, 15) is 9.59 Å². The molecular formula is C28H41N3O5. The van der Waals surface area contributed by atoms with Gasteiger partial charge in [0, 0.05) is 55.6 Å². The molecule has 1 aromatic heterocycles. The quantitative estimate of drug-likeness (QED) is 0.462. The Morgan fingerprint density at radius 1 is 1.17 bits per heavy atom. The van der Waals surface area contributed by atoms with Crippen molar-refractivity contribution in [2.45, 2.75) is 66.0 Å². The summed E-state index contributed by atoms with van der Waals surface area (Å²) >= 11 is 0. The average Bonchev–Trinajstić information content (AvgIpc) is 2.84. The SMILES string of the molecule is COCCCOc1cc(C(=O)N[C@@H]2CCCN(C(C)C)C2)nc2c(OCC(=O)C(C)(C)C)cccc12. The van der Waals surface area contributed by atoms with Crippen LogP contribution in [0.15, 0.2) is 24.3 Å². The molecule has 0 aliphatic carbocycles. The monoisotopic (exact) mass is 499 g/mol. The molecule has 3 rings (SSSR count). The van der Waals surface area contributed by atoms with Gasteiger partial charge in [-0.15, -0.1) is 0 Å². The number of ether oxygens (including phenoxy) is 3. The maximum absolute atomic E-state index is 13.3. The third-order valence-electron chi connectivity index (χ3n) is 6.46. The van der Waals surface area contributed by atoms with Crippen LogP contribution in [0.1, 0.15) is 64.4 Å². The molecule has 1 fully saturated rings. The number of para-hydroxylation sites is 1. The summed E-state index contributed by atoms with van der Waals surface area (Å²) in [4.78, 5) is 32.8. The van der Waals surface area contributed by atoms with Crippen molar-refractivity contribution in [3.8, 4) is 11.5 Å². The van der Waals surface area contributed by atoms with Gasteiger partial charge in [0.05, 0.1) is 6.61 Å². The fraction of sp³-hybridized carbons (Fsp3) is 0.607. The van der Waals surface area contributed by atoms with Crippen LogP contribution in [0.25, 0.3) is 10.9 Å². The molecule has 2 aromatic rings. The molecule has 1 atom stereocenters. The van der Waals surface area contributed by atoms with Crippen LogP contribution in [0.4, 0.5) is 0 Å². The largest absolute Gasteiger partial charge is 0.493 e. The van der Waals surface area contributed by atoms with Crippen molar-refractivity contribution in [2.75, 3.05) is 40.0 Å². The lowest BCUT2D eigenvalue weighted by molar-refractivity contribution is -0.128. The number of rotatable bonds is 11. The van der Waals surface area contributed by atoms with Gasteiger partial charge in [-0.3, -0.25) is 14.5 Å². The first kappa shape index (κ1) is 27.9. The van der Waals surface area contributed by atoms with Crippen molar-refractivity contribution < 1.29 is 23.8 Å². The average molecular weight is 500 g/mol. The van der Waals surface area contributed by atoms with E-state index >= 15 is 0 Å². The lowest BCUT2D eigenvalue weighted by Crippen LogP contribution is -2.49. The number of carbonyl (C=O) groups is 2. The van der Waals surface area contributed by atoms with Gasteiger partial charge in [0.15, 0.2) is 5.78 Å². The Balaban J connectivity index is 1.89. The molecule has 0 bridgehead atoms. The van der Waals surface area contributed by atoms with E-state index in [0.717, 1.165) is 31.3 Å². The summed E-state index contributed by atoms with van der Waals surface area (Å²) < 4.78 is 17.1. The van der Waals surface area contributed by atoms with Crippen LogP contribution in [0, 0.1) is 5.41 Å². The summed E-state index contributed by atoms with van der Waals surface area (Å²) in [5.41, 5.74) is 0.257. The first-order valence-electron chi connectivity index (χ1n) is 12.9. The number of likely N-dealkylation sites (tertiary alicyclic amines) is 1. The molecule has 0 unspecified atom stereocenters. The minimum Gasteiger partial charge on any atom is -0.493 e. The molecule has 2 heterocycles. The molecule has 1 aliphatic rings. The number of methoxy groups -OCH3 is 1. The van der Waals surface area contributed by atoms with E-state index in [-0.39, 0.29) is 30.0 Å². The van der Waals surface area contributed by atoms with Gasteiger partial charge in [-0.2, -0.15) is 0 Å². The Morgan fingerprint density at radius 2 is 1.94 bits per heavy atom. The molecule has 1 aromatic carbocycles. The molecule has 1 amide bonds. The first-order valence-corrected chi connectivity index (χ1v) is 12.9. The van der Waals surface area contributed by atoms with E-state index in [1.807, 2.05) is 32.9 Å². The number of aromatic nitrogens is 1. The number of fused-ring (bicyclic) bond motifs is 1. The highest BCUT2D eigenvalue weighted by molar-refractivity contribution is 5.98. The third-order valence-corrected chi connectivity index (χ3v) is 6.46. The number of hydrogen-bond donors (Lipinski definition) is 1. The predicted octanol–water partition coefficient (Wildman–Crippen LogP) is 4.25. The number of ketones is 1. The standard InChI is InChI=1S/C28H41N3O5/c1-19(2)31-13-8-10-20(17-31)29-27(33)22-16-24(35-15-9-14-34-6)21-11-7-12-23(26(21)30-22)36-18-25(32)28(3,4)5/h7,11-12,16,19-20H,8-10,13-15,17-18H2,1-6H3,(H,29,33)/t20-/m1/s1. The van der Waals surface area contributed by atoms with E-state index in [0.29, 0.717) is 42.7 Å². The summed E-state index contributed by atoms with van der Waals surface area (Å²) in [5, 5.41) is 3.89. The van der Waals surface area contributed by atoms with Crippen molar-refractivity contribution in [2.24, 2.45) is 5.41 Å². The molecule has 8 nitrogen and oxygen atoms in total. The number of nitrogens with zero attached hydrogens (tertiary/aromatic N) is 2. The third kappa shape index (κ3) is 7.40. The van der Waals surface area contributed by atoms with E-state index in [4.69, 9.17) is 14.2 Å². The first-order chi connectivity index (χ1) is 17.1. The molecule has 8 heteroatoms. The van der Waals surface area contributed by atoms with Gasteiger partial charge >= 0.3 is 0 Å². The van der Waals surface area contributed by atoms with Crippen molar-refractivity contribution in [3.63, 3.8) is 0 Å². The summed E-state index contributed by atoms with van der Waals surface area (Å²) in [6, 6.07) is 7.68. The Labute approximate surface area is 214 Å². The van der Waals surface area contributed by atoms with Crippen LogP contribution < -0.4 is 14.8 Å². The van der Waals surface area contributed by atoms with Gasteiger partial charge < -0.3 is 19.5 Å². The van der Waals surface area contributed by atoms with Gasteiger partial charge in [0.1, 0.15) is 29.3 Å². The van der Waals surface area contributed by atoms with Crippen LogP contribution in [0.5, 0.6) is 11.5 Å². The highest BCUT2D eigenvalue weighted by Gasteiger charge is 2.25. The highest BCUT2D eigenvalue weighted by Crippen LogP contribution is 2.32. The zero-order chi connectivity index (χ0) is 26.3. The van der Waals surface area contributed by atoms with Gasteiger partial charge in [0.25, 0.3) is 5.91 Å². The maximum atomic E-state index is 13.3. The van der Waals surface area contributed by atoms with Crippen molar-refractivity contribution >= 4 is 22.6 Å². The number of benzene rings is 1. The van der Waals surface area contributed by atoms with E-state index in [1.165, 1.54) is 0 Å². The molecule has 0 saturated carbocycles. The number of hydrogen-bond acceptors (Lipinski definition) is 7. The summed E-state index contributed by atoms with van der Waals surface area (Å²) in [5.74, 6) is 0.748. The van der Waals surface area contributed by atoms with Gasteiger partial charge in [0.2, 0.25) is 0 Å². The normalized spacial score (nSPS) is 16.8. The second-order valence-electron chi connectivity index (χ2n) is 10.7. The lowest BCUT2D eigenvalue weighted by atomic mass is 9.91. The molecule has 198 valence electrons. The van der Waals surface area contributed by atoms with E-state index in [2.05, 4.69) is 29.0 Å². The van der Waals surface area contributed by atoms with Gasteiger partial charge in [-0.05, 0) is 45.4 Å². The fourth-order valence-corrected chi connectivity index (χ4v) is 4.14. The van der Waals surface area contributed by atoms with Crippen LogP contribution >= 0.6 is 0 Å². The van der Waals surface area contributed by atoms with Crippen LogP contribution in [0.2, 0.25) is 0 Å². The van der Waals surface area contributed by atoms with E-state index in [1.54, 1.807) is 19.2 Å². The van der Waals surface area contributed by atoms with Crippen LogP contribution in [-0.4, -0.2) is 73.7 Å². The topological polar surface area (TPSA) is 90.0 Å². The molecule has 0 radical (unpaired) electrons.